The number of ether oxygens (including phenoxy) is 1. The first-order valence-electron chi connectivity index (χ1n) is 6.23. The van der Waals surface area contributed by atoms with Crippen molar-refractivity contribution in [3.05, 3.63) is 53.3 Å². The fourth-order valence-electron chi connectivity index (χ4n) is 1.82. The summed E-state index contributed by atoms with van der Waals surface area (Å²) < 4.78 is 4.64. The number of carbonyl (C=O) groups excluding carboxylic acids is 2. The molecule has 1 aromatic carbocycles. The van der Waals surface area contributed by atoms with Crippen molar-refractivity contribution in [2.24, 2.45) is 0 Å². The van der Waals surface area contributed by atoms with Crippen LogP contribution in [-0.2, 0) is 4.74 Å². The first kappa shape index (κ1) is 14.5. The second-order valence-corrected chi connectivity index (χ2v) is 4.43. The van der Waals surface area contributed by atoms with E-state index in [1.54, 1.807) is 37.3 Å². The number of pyridine rings is 1. The molecule has 0 atom stereocenters. The van der Waals surface area contributed by atoms with Crippen molar-refractivity contribution in [1.29, 1.82) is 0 Å². The summed E-state index contributed by atoms with van der Waals surface area (Å²) in [5.74, 6) is -0.804. The van der Waals surface area contributed by atoms with Gasteiger partial charge in [-0.1, -0.05) is 6.07 Å². The van der Waals surface area contributed by atoms with Crippen LogP contribution in [0.5, 0.6) is 0 Å². The van der Waals surface area contributed by atoms with E-state index < -0.39 is 5.97 Å². The van der Waals surface area contributed by atoms with Gasteiger partial charge < -0.3 is 15.8 Å². The number of esters is 1. The molecule has 0 saturated heterocycles. The van der Waals surface area contributed by atoms with Crippen LogP contribution in [0.15, 0.2) is 36.5 Å². The Hall–Kier alpha value is -2.89. The maximum Gasteiger partial charge on any atom is 0.337 e. The smallest absolute Gasteiger partial charge is 0.337 e. The van der Waals surface area contributed by atoms with Crippen LogP contribution in [0.3, 0.4) is 0 Å². The SMILES string of the molecule is COC(=O)c1cccc(NC(=O)c2cc(N)cnc2C)c1. The van der Waals surface area contributed by atoms with E-state index in [1.807, 2.05) is 0 Å². The van der Waals surface area contributed by atoms with Gasteiger partial charge in [0.05, 0.1) is 35.8 Å². The van der Waals surface area contributed by atoms with Gasteiger partial charge in [-0.05, 0) is 31.2 Å². The highest BCUT2D eigenvalue weighted by Gasteiger charge is 2.12. The number of rotatable bonds is 3. The van der Waals surface area contributed by atoms with Gasteiger partial charge in [0.2, 0.25) is 0 Å². The number of nitrogen functional groups attached to an aromatic ring is 1. The van der Waals surface area contributed by atoms with Gasteiger partial charge in [-0.25, -0.2) is 4.79 Å². The minimum atomic E-state index is -0.465. The summed E-state index contributed by atoms with van der Waals surface area (Å²) in [6.07, 6.45) is 1.49. The van der Waals surface area contributed by atoms with E-state index in [0.717, 1.165) is 0 Å². The summed E-state index contributed by atoms with van der Waals surface area (Å²) in [7, 11) is 1.30. The largest absolute Gasteiger partial charge is 0.465 e. The van der Waals surface area contributed by atoms with Crippen LogP contribution in [0.1, 0.15) is 26.4 Å². The molecular formula is C15H15N3O3. The summed E-state index contributed by atoms with van der Waals surface area (Å²) in [4.78, 5) is 27.7. The maximum atomic E-state index is 12.2. The van der Waals surface area contributed by atoms with Crippen molar-refractivity contribution in [2.45, 2.75) is 6.92 Å². The van der Waals surface area contributed by atoms with Crippen LogP contribution in [0, 0.1) is 6.92 Å². The molecule has 3 N–H and O–H groups in total. The minimum Gasteiger partial charge on any atom is -0.465 e. The molecule has 0 aliphatic heterocycles. The maximum absolute atomic E-state index is 12.2. The molecule has 0 unspecified atom stereocenters. The zero-order valence-corrected chi connectivity index (χ0v) is 11.7. The van der Waals surface area contributed by atoms with E-state index in [4.69, 9.17) is 5.73 Å². The van der Waals surface area contributed by atoms with Crippen LogP contribution in [0.4, 0.5) is 11.4 Å². The van der Waals surface area contributed by atoms with Gasteiger partial charge in [-0.3, -0.25) is 9.78 Å². The molecule has 0 bridgehead atoms. The second-order valence-electron chi connectivity index (χ2n) is 4.43. The molecular weight excluding hydrogens is 270 g/mol. The number of hydrogen-bond acceptors (Lipinski definition) is 5. The number of aryl methyl sites for hydroxylation is 1. The highest BCUT2D eigenvalue weighted by molar-refractivity contribution is 6.06. The average molecular weight is 285 g/mol. The van der Waals surface area contributed by atoms with Gasteiger partial charge in [-0.2, -0.15) is 0 Å². The molecule has 6 heteroatoms. The number of hydrogen-bond donors (Lipinski definition) is 2. The molecule has 108 valence electrons. The van der Waals surface area contributed by atoms with Gasteiger partial charge in [0.25, 0.3) is 5.91 Å². The van der Waals surface area contributed by atoms with Crippen molar-refractivity contribution >= 4 is 23.3 Å². The monoisotopic (exact) mass is 285 g/mol. The molecule has 1 aromatic heterocycles. The lowest BCUT2D eigenvalue weighted by atomic mass is 10.1. The second kappa shape index (κ2) is 6.04. The standard InChI is InChI=1S/C15H15N3O3/c1-9-13(7-11(16)8-17-9)14(19)18-12-5-3-4-10(6-12)15(20)21-2/h3-8H,16H2,1-2H3,(H,18,19). The molecule has 0 aliphatic rings. The number of benzene rings is 1. The van der Waals surface area contributed by atoms with E-state index in [1.165, 1.54) is 13.3 Å². The number of amides is 1. The molecule has 0 radical (unpaired) electrons. The summed E-state index contributed by atoms with van der Waals surface area (Å²) >= 11 is 0. The molecule has 1 heterocycles. The number of aromatic nitrogens is 1. The number of carbonyl (C=O) groups is 2. The van der Waals surface area contributed by atoms with Gasteiger partial charge in [0.15, 0.2) is 0 Å². The Morgan fingerprint density at radius 3 is 2.76 bits per heavy atom. The first-order chi connectivity index (χ1) is 10.0. The highest BCUT2D eigenvalue weighted by Crippen LogP contribution is 2.15. The summed E-state index contributed by atoms with van der Waals surface area (Å²) in [6.45, 7) is 1.72. The molecule has 0 saturated carbocycles. The van der Waals surface area contributed by atoms with Gasteiger partial charge >= 0.3 is 5.97 Å². The third-order valence-electron chi connectivity index (χ3n) is 2.89. The predicted molar refractivity (Wildman–Crippen MR) is 79.1 cm³/mol. The van der Waals surface area contributed by atoms with E-state index in [-0.39, 0.29) is 5.91 Å². The highest BCUT2D eigenvalue weighted by atomic mass is 16.5. The number of nitrogens with one attached hydrogen (secondary N) is 1. The fraction of sp³-hybridized carbons (Fsp3) is 0.133. The quantitative estimate of drug-likeness (QED) is 0.841. The lowest BCUT2D eigenvalue weighted by molar-refractivity contribution is 0.0600. The zero-order valence-electron chi connectivity index (χ0n) is 11.7. The Morgan fingerprint density at radius 1 is 1.29 bits per heavy atom. The third-order valence-corrected chi connectivity index (χ3v) is 2.89. The minimum absolute atomic E-state index is 0.339. The van der Waals surface area contributed by atoms with E-state index in [9.17, 15) is 9.59 Å². The fourth-order valence-corrected chi connectivity index (χ4v) is 1.82. The van der Waals surface area contributed by atoms with Gasteiger partial charge in [0, 0.05) is 5.69 Å². The van der Waals surface area contributed by atoms with E-state index in [2.05, 4.69) is 15.0 Å². The number of nitrogens with two attached hydrogens (primary N) is 1. The number of anilines is 2. The molecule has 2 rings (SSSR count). The Kier molecular flexibility index (Phi) is 4.18. The van der Waals surface area contributed by atoms with Crippen LogP contribution in [0.25, 0.3) is 0 Å². The predicted octanol–water partition coefficient (Wildman–Crippen LogP) is 2.01. The lowest BCUT2D eigenvalue weighted by Gasteiger charge is -2.09. The van der Waals surface area contributed by atoms with Gasteiger partial charge in [-0.15, -0.1) is 0 Å². The van der Waals surface area contributed by atoms with Crippen LogP contribution >= 0.6 is 0 Å². The molecule has 0 fully saturated rings. The molecule has 6 nitrogen and oxygen atoms in total. The Balaban J connectivity index is 2.23. The van der Waals surface area contributed by atoms with Gasteiger partial charge in [0.1, 0.15) is 0 Å². The van der Waals surface area contributed by atoms with Crippen molar-refractivity contribution in [2.75, 3.05) is 18.2 Å². The third kappa shape index (κ3) is 3.36. The van der Waals surface area contributed by atoms with Crippen molar-refractivity contribution in [1.82, 2.24) is 4.98 Å². The molecule has 2 aromatic rings. The van der Waals surface area contributed by atoms with Crippen molar-refractivity contribution < 1.29 is 14.3 Å². The summed E-state index contributed by atoms with van der Waals surface area (Å²) in [6, 6.07) is 8.04. The lowest BCUT2D eigenvalue weighted by Crippen LogP contribution is -2.15. The van der Waals surface area contributed by atoms with Crippen LogP contribution < -0.4 is 11.1 Å². The molecule has 0 spiro atoms. The van der Waals surface area contributed by atoms with Crippen LogP contribution in [-0.4, -0.2) is 24.0 Å². The zero-order chi connectivity index (χ0) is 15.4. The van der Waals surface area contributed by atoms with Crippen molar-refractivity contribution in [3.63, 3.8) is 0 Å². The number of methoxy groups -OCH3 is 1. The topological polar surface area (TPSA) is 94.3 Å². The molecule has 0 aliphatic carbocycles. The molecule has 21 heavy (non-hydrogen) atoms. The average Bonchev–Trinajstić information content (AvgIpc) is 2.49. The Labute approximate surface area is 121 Å². The summed E-state index contributed by atoms with van der Waals surface area (Å²) in [5, 5.41) is 2.70. The van der Waals surface area contributed by atoms with E-state index in [0.29, 0.717) is 28.2 Å². The summed E-state index contributed by atoms with van der Waals surface area (Å²) in [5.41, 5.74) is 7.86. The molecule has 1 amide bonds. The van der Waals surface area contributed by atoms with Crippen LogP contribution in [0.2, 0.25) is 0 Å². The first-order valence-corrected chi connectivity index (χ1v) is 6.23. The normalized spacial score (nSPS) is 10.0. The van der Waals surface area contributed by atoms with Crippen molar-refractivity contribution in [3.8, 4) is 0 Å². The number of nitrogens with zero attached hydrogens (tertiary/aromatic N) is 1. The van der Waals surface area contributed by atoms with E-state index >= 15 is 0 Å². The Bertz CT molecular complexity index is 698. The Morgan fingerprint density at radius 2 is 2.05 bits per heavy atom.